The van der Waals surface area contributed by atoms with Gasteiger partial charge in [-0.1, -0.05) is 0 Å². The smallest absolute Gasteiger partial charge is 0.0722 e. The summed E-state index contributed by atoms with van der Waals surface area (Å²) in [6.45, 7) is 2.44. The number of hydrogen-bond donors (Lipinski definition) is 1. The van der Waals surface area contributed by atoms with Crippen LogP contribution in [-0.4, -0.2) is 17.0 Å². The normalized spacial score (nSPS) is 14.9. The first-order valence-electron chi connectivity index (χ1n) is 4.09. The molecule has 0 amide bonds. The van der Waals surface area contributed by atoms with Gasteiger partial charge >= 0.3 is 0 Å². The number of hydrogen-bond acceptors (Lipinski definition) is 3. The second-order valence-electron chi connectivity index (χ2n) is 2.82. The zero-order chi connectivity index (χ0) is 9.90. The minimum absolute atomic E-state index is 0.569. The molecule has 0 aliphatic heterocycles. The maximum atomic E-state index is 11.9. The van der Waals surface area contributed by atoms with Crippen molar-refractivity contribution in [2.75, 3.05) is 18.5 Å². The molecule has 0 saturated heterocycles. The molecule has 0 fully saturated rings. The number of nitrogens with zero attached hydrogens (tertiary/aromatic N) is 1. The van der Waals surface area contributed by atoms with E-state index in [2.05, 4.69) is 4.36 Å². The molecule has 0 heterocycles. The quantitative estimate of drug-likeness (QED) is 0.736. The molecule has 0 spiro atoms. The lowest BCUT2D eigenvalue weighted by molar-refractivity contribution is 0.679. The third kappa shape index (κ3) is 2.45. The number of rotatable bonds is 2. The highest BCUT2D eigenvalue weighted by atomic mass is 32.2. The Labute approximate surface area is 79.1 Å². The minimum atomic E-state index is -2.21. The summed E-state index contributed by atoms with van der Waals surface area (Å²) in [4.78, 5) is 0.739. The highest BCUT2D eigenvalue weighted by molar-refractivity contribution is 7.93. The Morgan fingerprint density at radius 1 is 1.38 bits per heavy atom. The molecule has 72 valence electrons. The molecule has 0 aliphatic rings. The summed E-state index contributed by atoms with van der Waals surface area (Å²) in [5, 5.41) is 0. The van der Waals surface area contributed by atoms with Gasteiger partial charge in [0.1, 0.15) is 0 Å². The largest absolute Gasteiger partial charge is 0.399 e. The summed E-state index contributed by atoms with van der Waals surface area (Å²) in [5.74, 6) is 0. The number of nitrogen functional groups attached to an aromatic ring is 1. The van der Waals surface area contributed by atoms with E-state index in [4.69, 9.17) is 5.73 Å². The van der Waals surface area contributed by atoms with Crippen LogP contribution in [0.25, 0.3) is 0 Å². The van der Waals surface area contributed by atoms with Crippen LogP contribution >= 0.6 is 0 Å². The van der Waals surface area contributed by atoms with Crippen molar-refractivity contribution >= 4 is 15.4 Å². The van der Waals surface area contributed by atoms with Gasteiger partial charge in [-0.15, -0.1) is 0 Å². The Hall–Kier alpha value is -1.03. The van der Waals surface area contributed by atoms with Crippen LogP contribution in [0, 0.1) is 0 Å². The van der Waals surface area contributed by atoms with E-state index >= 15 is 0 Å². The molecule has 0 aromatic heterocycles. The zero-order valence-corrected chi connectivity index (χ0v) is 8.67. The third-order valence-electron chi connectivity index (χ3n) is 1.69. The van der Waals surface area contributed by atoms with E-state index in [9.17, 15) is 4.21 Å². The van der Waals surface area contributed by atoms with Crippen LogP contribution in [-0.2, 0) is 9.73 Å². The maximum Gasteiger partial charge on any atom is 0.0722 e. The van der Waals surface area contributed by atoms with Crippen molar-refractivity contribution in [3.05, 3.63) is 24.3 Å². The molecule has 4 heteroatoms. The third-order valence-corrected chi connectivity index (χ3v) is 3.59. The molecule has 2 N–H and O–H groups in total. The van der Waals surface area contributed by atoms with Crippen molar-refractivity contribution in [1.29, 1.82) is 0 Å². The van der Waals surface area contributed by atoms with Gasteiger partial charge in [-0.3, -0.25) is 0 Å². The van der Waals surface area contributed by atoms with Crippen molar-refractivity contribution in [2.45, 2.75) is 11.8 Å². The zero-order valence-electron chi connectivity index (χ0n) is 7.86. The molecule has 0 bridgehead atoms. The van der Waals surface area contributed by atoms with Crippen molar-refractivity contribution in [3.8, 4) is 0 Å². The van der Waals surface area contributed by atoms with E-state index in [1.807, 2.05) is 6.92 Å². The second-order valence-corrected chi connectivity index (χ2v) is 5.15. The van der Waals surface area contributed by atoms with Crippen molar-refractivity contribution in [3.63, 3.8) is 0 Å². The Kier molecular flexibility index (Phi) is 2.93. The Balaban J connectivity index is 3.17. The van der Waals surface area contributed by atoms with Crippen LogP contribution in [0.15, 0.2) is 33.5 Å². The molecule has 0 radical (unpaired) electrons. The summed E-state index contributed by atoms with van der Waals surface area (Å²) in [6, 6.07) is 7.00. The van der Waals surface area contributed by atoms with Crippen LogP contribution in [0.2, 0.25) is 0 Å². The maximum absolute atomic E-state index is 11.9. The molecular formula is C9H14N2OS. The standard InChI is InChI=1S/C9H14N2OS/c1-3-11-13(2,12)9-6-4-8(10)5-7-9/h4-7H,3,10H2,1-2H3. The summed E-state index contributed by atoms with van der Waals surface area (Å²) >= 11 is 0. The SMILES string of the molecule is CCN=S(C)(=O)c1ccc(N)cc1. The van der Waals surface area contributed by atoms with E-state index in [0.717, 1.165) is 4.90 Å². The lowest BCUT2D eigenvalue weighted by Gasteiger charge is -2.03. The van der Waals surface area contributed by atoms with E-state index in [0.29, 0.717) is 12.2 Å². The summed E-state index contributed by atoms with van der Waals surface area (Å²) in [6.07, 6.45) is 1.64. The van der Waals surface area contributed by atoms with Crippen molar-refractivity contribution < 1.29 is 4.21 Å². The molecule has 3 nitrogen and oxygen atoms in total. The van der Waals surface area contributed by atoms with Gasteiger partial charge in [-0.25, -0.2) is 8.57 Å². The molecule has 1 aromatic carbocycles. The fourth-order valence-electron chi connectivity index (χ4n) is 1.04. The predicted molar refractivity (Wildman–Crippen MR) is 56.2 cm³/mol. The van der Waals surface area contributed by atoms with Crippen LogP contribution in [0.3, 0.4) is 0 Å². The first-order chi connectivity index (χ1) is 6.06. The topological polar surface area (TPSA) is 55.5 Å². The Bertz CT molecular complexity index is 389. The molecule has 1 unspecified atom stereocenters. The van der Waals surface area contributed by atoms with Gasteiger partial charge in [-0.2, -0.15) is 0 Å². The highest BCUT2D eigenvalue weighted by Crippen LogP contribution is 2.13. The molecule has 1 aromatic rings. The molecule has 1 atom stereocenters. The highest BCUT2D eigenvalue weighted by Gasteiger charge is 2.03. The first-order valence-corrected chi connectivity index (χ1v) is 6.02. The van der Waals surface area contributed by atoms with Gasteiger partial charge in [0.15, 0.2) is 0 Å². The number of benzene rings is 1. The van der Waals surface area contributed by atoms with Crippen molar-refractivity contribution in [1.82, 2.24) is 0 Å². The van der Waals surface area contributed by atoms with Crippen LogP contribution < -0.4 is 5.73 Å². The van der Waals surface area contributed by atoms with E-state index in [1.54, 1.807) is 30.5 Å². The van der Waals surface area contributed by atoms with Gasteiger partial charge in [0.2, 0.25) is 0 Å². The molecule has 1 rings (SSSR count). The number of nitrogens with two attached hydrogens (primary N) is 1. The second kappa shape index (κ2) is 3.79. The lowest BCUT2D eigenvalue weighted by Crippen LogP contribution is -1.98. The monoisotopic (exact) mass is 198 g/mol. The summed E-state index contributed by atoms with van der Waals surface area (Å²) < 4.78 is 15.9. The molecule has 0 aliphatic carbocycles. The van der Waals surface area contributed by atoms with Crippen molar-refractivity contribution in [2.24, 2.45) is 4.36 Å². The van der Waals surface area contributed by atoms with E-state index in [-0.39, 0.29) is 0 Å². The van der Waals surface area contributed by atoms with Gasteiger partial charge in [-0.05, 0) is 31.2 Å². The average Bonchev–Trinajstić information content (AvgIpc) is 2.05. The summed E-state index contributed by atoms with van der Waals surface area (Å²) in [5.41, 5.74) is 6.20. The van der Waals surface area contributed by atoms with Gasteiger partial charge in [0.25, 0.3) is 0 Å². The fraction of sp³-hybridized carbons (Fsp3) is 0.333. The Morgan fingerprint density at radius 3 is 2.38 bits per heavy atom. The Morgan fingerprint density at radius 2 is 1.92 bits per heavy atom. The number of anilines is 1. The fourth-order valence-corrected chi connectivity index (χ4v) is 2.32. The lowest BCUT2D eigenvalue weighted by atomic mass is 10.3. The predicted octanol–water partition coefficient (Wildman–Crippen LogP) is 1.75. The van der Waals surface area contributed by atoms with Crippen LogP contribution in [0.4, 0.5) is 5.69 Å². The van der Waals surface area contributed by atoms with Crippen LogP contribution in [0.5, 0.6) is 0 Å². The average molecular weight is 198 g/mol. The molecule has 0 saturated carbocycles. The molecular weight excluding hydrogens is 184 g/mol. The van der Waals surface area contributed by atoms with Gasteiger partial charge in [0.05, 0.1) is 9.73 Å². The first kappa shape index (κ1) is 10.1. The van der Waals surface area contributed by atoms with E-state index < -0.39 is 9.73 Å². The van der Waals surface area contributed by atoms with Gasteiger partial charge in [0, 0.05) is 23.4 Å². The molecule has 13 heavy (non-hydrogen) atoms. The summed E-state index contributed by atoms with van der Waals surface area (Å²) in [7, 11) is -2.21. The van der Waals surface area contributed by atoms with Crippen LogP contribution in [0.1, 0.15) is 6.92 Å². The van der Waals surface area contributed by atoms with E-state index in [1.165, 1.54) is 0 Å². The minimum Gasteiger partial charge on any atom is -0.399 e. The van der Waals surface area contributed by atoms with Gasteiger partial charge < -0.3 is 5.73 Å².